The van der Waals surface area contributed by atoms with Crippen LogP contribution in [0.2, 0.25) is 0 Å². The molecule has 1 aliphatic heterocycles. The molecule has 0 saturated heterocycles. The summed E-state index contributed by atoms with van der Waals surface area (Å²) in [5.41, 5.74) is 8.87. The number of nitrogens with zero attached hydrogens (tertiary/aromatic N) is 3. The molecule has 3 N–H and O–H groups in total. The molecule has 6 nitrogen and oxygen atoms in total. The van der Waals surface area contributed by atoms with Gasteiger partial charge in [-0.3, -0.25) is 4.79 Å². The van der Waals surface area contributed by atoms with Crippen LogP contribution in [0.4, 0.5) is 5.95 Å². The first-order valence-corrected chi connectivity index (χ1v) is 6.31. The lowest BCUT2D eigenvalue weighted by atomic mass is 9.95. The van der Waals surface area contributed by atoms with Crippen molar-refractivity contribution < 1.29 is 4.79 Å². The molecule has 3 rings (SSSR count). The van der Waals surface area contributed by atoms with E-state index in [1.54, 1.807) is 4.68 Å². The first-order chi connectivity index (χ1) is 9.58. The molecule has 2 aromatic rings. The van der Waals surface area contributed by atoms with Crippen molar-refractivity contribution in [3.05, 3.63) is 53.0 Å². The second-order valence-corrected chi connectivity index (χ2v) is 4.87. The molecular weight excluding hydrogens is 254 g/mol. The number of carbonyl (C=O) groups excluding carboxylic acids is 1. The van der Waals surface area contributed by atoms with Crippen molar-refractivity contribution in [1.82, 2.24) is 14.8 Å². The van der Waals surface area contributed by atoms with Gasteiger partial charge in [-0.05, 0) is 19.4 Å². The van der Waals surface area contributed by atoms with Gasteiger partial charge in [0, 0.05) is 5.70 Å². The van der Waals surface area contributed by atoms with Gasteiger partial charge in [0.2, 0.25) is 11.9 Å². The fraction of sp³-hybridized carbons (Fsp3) is 0.214. The van der Waals surface area contributed by atoms with Gasteiger partial charge in [0.15, 0.2) is 0 Å². The summed E-state index contributed by atoms with van der Waals surface area (Å²) >= 11 is 0. The average Bonchev–Trinajstić information content (AvgIpc) is 2.85. The second kappa shape index (κ2) is 4.48. The van der Waals surface area contributed by atoms with E-state index in [0.29, 0.717) is 17.2 Å². The average molecular weight is 269 g/mol. The molecule has 0 fully saturated rings. The molecule has 0 spiro atoms. The van der Waals surface area contributed by atoms with E-state index >= 15 is 0 Å². The molecule has 0 radical (unpaired) electrons. The van der Waals surface area contributed by atoms with E-state index < -0.39 is 5.91 Å². The summed E-state index contributed by atoms with van der Waals surface area (Å²) in [6.07, 6.45) is 1.46. The summed E-state index contributed by atoms with van der Waals surface area (Å²) in [6, 6.07) is 7.62. The minimum Gasteiger partial charge on any atom is -0.366 e. The number of primary amides is 1. The number of carbonyl (C=O) groups is 1. The van der Waals surface area contributed by atoms with Gasteiger partial charge in [-0.25, -0.2) is 4.68 Å². The van der Waals surface area contributed by atoms with Gasteiger partial charge in [-0.1, -0.05) is 29.8 Å². The van der Waals surface area contributed by atoms with Gasteiger partial charge >= 0.3 is 0 Å². The first kappa shape index (κ1) is 12.4. The maximum atomic E-state index is 11.8. The molecule has 102 valence electrons. The Bertz CT molecular complexity index is 699. The lowest BCUT2D eigenvalue weighted by Crippen LogP contribution is -2.31. The zero-order valence-electron chi connectivity index (χ0n) is 11.3. The lowest BCUT2D eigenvalue weighted by molar-refractivity contribution is -0.115. The highest BCUT2D eigenvalue weighted by Gasteiger charge is 2.31. The molecule has 1 aromatic heterocycles. The van der Waals surface area contributed by atoms with Crippen LogP contribution >= 0.6 is 0 Å². The molecule has 20 heavy (non-hydrogen) atoms. The van der Waals surface area contributed by atoms with Gasteiger partial charge in [0.25, 0.3) is 0 Å². The van der Waals surface area contributed by atoms with Crippen molar-refractivity contribution in [2.45, 2.75) is 19.9 Å². The summed E-state index contributed by atoms with van der Waals surface area (Å²) < 4.78 is 1.68. The molecule has 0 bridgehead atoms. The third kappa shape index (κ3) is 1.85. The van der Waals surface area contributed by atoms with Crippen LogP contribution in [0.25, 0.3) is 0 Å². The van der Waals surface area contributed by atoms with Crippen molar-refractivity contribution in [2.75, 3.05) is 5.32 Å². The van der Waals surface area contributed by atoms with Crippen LogP contribution in [-0.2, 0) is 4.79 Å². The summed E-state index contributed by atoms with van der Waals surface area (Å²) in [4.78, 5) is 16.0. The molecular formula is C14H15N5O. The summed E-state index contributed by atoms with van der Waals surface area (Å²) in [5.74, 6) is 0.153. The highest BCUT2D eigenvalue weighted by atomic mass is 16.1. The monoisotopic (exact) mass is 269 g/mol. The minimum absolute atomic E-state index is 0.341. The van der Waals surface area contributed by atoms with Crippen molar-refractivity contribution in [2.24, 2.45) is 5.73 Å². The SMILES string of the molecule is CC1=C(C(N)=O)[C@@H](c2ccc(C)cc2)n2ncnc2N1. The predicted octanol–water partition coefficient (Wildman–Crippen LogP) is 1.36. The molecule has 0 aliphatic carbocycles. The van der Waals surface area contributed by atoms with Crippen LogP contribution in [-0.4, -0.2) is 20.7 Å². The van der Waals surface area contributed by atoms with E-state index in [2.05, 4.69) is 15.4 Å². The third-order valence-electron chi connectivity index (χ3n) is 3.45. The van der Waals surface area contributed by atoms with Gasteiger partial charge < -0.3 is 11.1 Å². The van der Waals surface area contributed by atoms with Gasteiger partial charge in [-0.2, -0.15) is 10.1 Å². The Kier molecular flexibility index (Phi) is 2.78. The predicted molar refractivity (Wildman–Crippen MR) is 74.9 cm³/mol. The quantitative estimate of drug-likeness (QED) is 0.862. The highest BCUT2D eigenvalue weighted by Crippen LogP contribution is 2.34. The number of aryl methyl sites for hydroxylation is 1. The van der Waals surface area contributed by atoms with E-state index in [9.17, 15) is 4.79 Å². The maximum absolute atomic E-state index is 11.8. The minimum atomic E-state index is -0.457. The zero-order chi connectivity index (χ0) is 14.3. The highest BCUT2D eigenvalue weighted by molar-refractivity contribution is 5.95. The standard InChI is InChI=1S/C14H15N5O/c1-8-3-5-10(6-4-8)12-11(13(15)20)9(2)18-14-16-7-17-19(12)14/h3-7,12H,1-2H3,(H2,15,20)(H,16,17,18)/t12-/m1/s1. The normalized spacial score (nSPS) is 17.6. The number of hydrogen-bond acceptors (Lipinski definition) is 4. The molecule has 1 amide bonds. The van der Waals surface area contributed by atoms with Crippen LogP contribution in [0.15, 0.2) is 41.9 Å². The number of aromatic nitrogens is 3. The molecule has 1 atom stereocenters. The van der Waals surface area contributed by atoms with Crippen LogP contribution in [0.3, 0.4) is 0 Å². The molecule has 6 heteroatoms. The smallest absolute Gasteiger partial charge is 0.248 e. The summed E-state index contributed by atoms with van der Waals surface area (Å²) in [6.45, 7) is 3.84. The van der Waals surface area contributed by atoms with E-state index in [1.807, 2.05) is 38.1 Å². The van der Waals surface area contributed by atoms with E-state index in [0.717, 1.165) is 11.1 Å². The number of hydrogen-bond donors (Lipinski definition) is 2. The molecule has 0 unspecified atom stereocenters. The number of nitrogens with one attached hydrogen (secondary N) is 1. The van der Waals surface area contributed by atoms with Crippen molar-refractivity contribution in [3.63, 3.8) is 0 Å². The van der Waals surface area contributed by atoms with E-state index in [-0.39, 0.29) is 6.04 Å². The van der Waals surface area contributed by atoms with Crippen molar-refractivity contribution >= 4 is 11.9 Å². The number of benzene rings is 1. The van der Waals surface area contributed by atoms with E-state index in [4.69, 9.17) is 5.73 Å². The van der Waals surface area contributed by atoms with Gasteiger partial charge in [0.1, 0.15) is 12.4 Å². The largest absolute Gasteiger partial charge is 0.366 e. The second-order valence-electron chi connectivity index (χ2n) is 4.87. The van der Waals surface area contributed by atoms with Gasteiger partial charge in [-0.15, -0.1) is 0 Å². The number of amides is 1. The Morgan fingerprint density at radius 2 is 2.00 bits per heavy atom. The van der Waals surface area contributed by atoms with E-state index in [1.165, 1.54) is 6.33 Å². The van der Waals surface area contributed by atoms with Crippen LogP contribution < -0.4 is 11.1 Å². The van der Waals surface area contributed by atoms with Crippen molar-refractivity contribution in [1.29, 1.82) is 0 Å². The number of fused-ring (bicyclic) bond motifs is 1. The fourth-order valence-corrected chi connectivity index (χ4v) is 2.47. The summed E-state index contributed by atoms with van der Waals surface area (Å²) in [7, 11) is 0. The Hall–Kier alpha value is -2.63. The lowest BCUT2D eigenvalue weighted by Gasteiger charge is -2.27. The molecule has 0 saturated carbocycles. The fourth-order valence-electron chi connectivity index (χ4n) is 2.47. The zero-order valence-corrected chi connectivity index (χ0v) is 11.3. The van der Waals surface area contributed by atoms with Crippen LogP contribution in [0.1, 0.15) is 24.1 Å². The Balaban J connectivity index is 2.19. The number of allylic oxidation sites excluding steroid dienone is 1. The maximum Gasteiger partial charge on any atom is 0.248 e. The number of rotatable bonds is 2. The molecule has 1 aliphatic rings. The van der Waals surface area contributed by atoms with Gasteiger partial charge in [0.05, 0.1) is 5.57 Å². The summed E-state index contributed by atoms with van der Waals surface area (Å²) in [5, 5.41) is 7.26. The van der Waals surface area contributed by atoms with Crippen molar-refractivity contribution in [3.8, 4) is 0 Å². The van der Waals surface area contributed by atoms with Crippen LogP contribution in [0, 0.1) is 6.92 Å². The molecule has 2 heterocycles. The Morgan fingerprint density at radius 3 is 2.65 bits per heavy atom. The van der Waals surface area contributed by atoms with Crippen LogP contribution in [0.5, 0.6) is 0 Å². The Morgan fingerprint density at radius 1 is 1.30 bits per heavy atom. The number of nitrogens with two attached hydrogens (primary N) is 1. The topological polar surface area (TPSA) is 85.8 Å². The third-order valence-corrected chi connectivity index (χ3v) is 3.45. The number of anilines is 1. The molecule has 1 aromatic carbocycles. The first-order valence-electron chi connectivity index (χ1n) is 6.31. The Labute approximate surface area is 116 Å².